The molecular formula is C44H73N13O13. The maximum Gasteiger partial charge on any atom is 0.245 e. The first-order valence-electron chi connectivity index (χ1n) is 23.2. The van der Waals surface area contributed by atoms with E-state index in [0.29, 0.717) is 5.56 Å². The van der Waals surface area contributed by atoms with Crippen LogP contribution < -0.4 is 70.4 Å². The zero-order valence-electron chi connectivity index (χ0n) is 40.2. The molecule has 1 saturated heterocycles. The van der Waals surface area contributed by atoms with Crippen molar-refractivity contribution in [3.8, 4) is 0 Å². The maximum atomic E-state index is 14.2. The van der Waals surface area contributed by atoms with E-state index in [1.165, 1.54) is 13.8 Å². The predicted molar refractivity (Wildman–Crippen MR) is 252 cm³/mol. The minimum absolute atomic E-state index is 0.0533. The van der Waals surface area contributed by atoms with Crippen LogP contribution in [0.5, 0.6) is 0 Å². The van der Waals surface area contributed by atoms with E-state index in [-0.39, 0.29) is 57.7 Å². The molecule has 1 unspecified atom stereocenters. The molecule has 26 heteroatoms. The van der Waals surface area contributed by atoms with Gasteiger partial charge in [0.2, 0.25) is 59.1 Å². The lowest BCUT2D eigenvalue weighted by Gasteiger charge is -2.28. The molecule has 0 aromatic heterocycles. The first kappa shape index (κ1) is 59.8. The van der Waals surface area contributed by atoms with Crippen molar-refractivity contribution < 1.29 is 63.3 Å². The quantitative estimate of drug-likeness (QED) is 0.0650. The SMILES string of the molecule is CC(=O)N[C@H](C(=O)N[C@H](CO)C(=O)N[C@H]1CCNC(=O)[C@H]([C@@H](C)O)NC(=O)[C@H](CCN)NC(=O)C(CCN)NC(=O)[C@H](CC(C)C)NC(=O)[C@@H](Cc2ccccc2)NC(=O)[C@H](CCN)NC1=O)[C@@H](C)O. The van der Waals surface area contributed by atoms with Crippen LogP contribution in [0.4, 0.5) is 0 Å². The number of benzene rings is 1. The molecule has 0 aliphatic carbocycles. The molecule has 1 heterocycles. The van der Waals surface area contributed by atoms with Crippen molar-refractivity contribution in [3.63, 3.8) is 0 Å². The molecular weight excluding hydrogens is 919 g/mol. The lowest BCUT2D eigenvalue weighted by atomic mass is 10.00. The van der Waals surface area contributed by atoms with E-state index in [1.807, 2.05) is 0 Å². The third-order valence-electron chi connectivity index (χ3n) is 10.9. The van der Waals surface area contributed by atoms with Gasteiger partial charge >= 0.3 is 0 Å². The van der Waals surface area contributed by atoms with Crippen molar-refractivity contribution in [2.75, 3.05) is 32.8 Å². The fourth-order valence-electron chi connectivity index (χ4n) is 7.16. The Morgan fingerprint density at radius 2 is 1.11 bits per heavy atom. The highest BCUT2D eigenvalue weighted by Crippen LogP contribution is 2.11. The molecule has 1 aromatic carbocycles. The molecule has 70 heavy (non-hydrogen) atoms. The lowest BCUT2D eigenvalue weighted by molar-refractivity contribution is -0.136. The van der Waals surface area contributed by atoms with Crippen LogP contribution in [0.3, 0.4) is 0 Å². The number of carbonyl (C=O) groups excluding carboxylic acids is 10. The highest BCUT2D eigenvalue weighted by molar-refractivity contribution is 5.98. The summed E-state index contributed by atoms with van der Waals surface area (Å²) in [5, 5.41) is 55.4. The summed E-state index contributed by atoms with van der Waals surface area (Å²) in [7, 11) is 0. The van der Waals surface area contributed by atoms with Gasteiger partial charge in [-0.05, 0) is 77.1 Å². The average Bonchev–Trinajstić information content (AvgIpc) is 3.29. The van der Waals surface area contributed by atoms with Crippen molar-refractivity contribution in [1.29, 1.82) is 0 Å². The van der Waals surface area contributed by atoms with E-state index in [4.69, 9.17) is 17.2 Å². The van der Waals surface area contributed by atoms with Gasteiger partial charge in [0, 0.05) is 19.9 Å². The van der Waals surface area contributed by atoms with Crippen LogP contribution in [0.2, 0.25) is 0 Å². The van der Waals surface area contributed by atoms with Gasteiger partial charge in [-0.15, -0.1) is 0 Å². The largest absolute Gasteiger partial charge is 0.394 e. The van der Waals surface area contributed by atoms with Gasteiger partial charge in [0.15, 0.2) is 0 Å². The number of nitrogens with two attached hydrogens (primary N) is 3. The summed E-state index contributed by atoms with van der Waals surface area (Å²) in [4.78, 5) is 136. The van der Waals surface area contributed by atoms with Gasteiger partial charge in [-0.2, -0.15) is 0 Å². The number of aliphatic hydroxyl groups excluding tert-OH is 3. The predicted octanol–water partition coefficient (Wildman–Crippen LogP) is -7.02. The summed E-state index contributed by atoms with van der Waals surface area (Å²) in [6, 6.07) is -5.08. The van der Waals surface area contributed by atoms with Gasteiger partial charge in [-0.25, -0.2) is 0 Å². The Morgan fingerprint density at radius 1 is 0.643 bits per heavy atom. The summed E-state index contributed by atoms with van der Waals surface area (Å²) in [5.74, 6) is -9.53. The number of aliphatic hydroxyl groups is 3. The van der Waals surface area contributed by atoms with Gasteiger partial charge in [0.25, 0.3) is 0 Å². The monoisotopic (exact) mass is 992 g/mol. The molecule has 1 aliphatic heterocycles. The average molecular weight is 992 g/mol. The first-order valence-corrected chi connectivity index (χ1v) is 23.2. The fourth-order valence-corrected chi connectivity index (χ4v) is 7.16. The summed E-state index contributed by atoms with van der Waals surface area (Å²) in [5.41, 5.74) is 18.1. The summed E-state index contributed by atoms with van der Waals surface area (Å²) in [6.07, 6.45) is -4.04. The Bertz CT molecular complexity index is 1940. The standard InChI is InChI=1S/C44H73N13O13/c1-22(2)19-31-40(66)52-27(11-15-45)36(62)51-29(13-17-47)39(65)57-34(23(3)59)43(69)48-18-14-30(53-42(68)33(21-58)56-44(70)35(24(4)60)49-25(5)61)38(64)50-28(12-16-46)37(63)55-32(41(67)54-31)20-26-9-7-6-8-10-26/h6-10,22-24,27-35,58-60H,11-21,45-47H2,1-5H3,(H,48,69)(H,49,61)(H,50,64)(H,51,62)(H,52,66)(H,53,68)(H,54,67)(H,55,63)(H,56,70)(H,57,65)/t23-,24-,27?,28+,29+,30+,31+,32-,33-,34+,35+/m1/s1. The molecule has 1 fully saturated rings. The third-order valence-corrected chi connectivity index (χ3v) is 10.9. The summed E-state index contributed by atoms with van der Waals surface area (Å²) in [6.45, 7) is 5.08. The number of nitrogens with one attached hydrogen (secondary N) is 10. The smallest absolute Gasteiger partial charge is 0.245 e. The number of amides is 10. The van der Waals surface area contributed by atoms with Gasteiger partial charge in [0.1, 0.15) is 54.4 Å². The van der Waals surface area contributed by atoms with E-state index in [2.05, 4.69) is 53.2 Å². The highest BCUT2D eigenvalue weighted by atomic mass is 16.3. The van der Waals surface area contributed by atoms with Crippen molar-refractivity contribution in [2.45, 2.75) is 140 Å². The molecule has 26 nitrogen and oxygen atoms in total. The first-order chi connectivity index (χ1) is 33.1. The molecule has 1 aromatic rings. The van der Waals surface area contributed by atoms with Crippen LogP contribution in [0.25, 0.3) is 0 Å². The van der Waals surface area contributed by atoms with Crippen LogP contribution in [0, 0.1) is 5.92 Å². The van der Waals surface area contributed by atoms with Crippen molar-refractivity contribution in [2.24, 2.45) is 23.1 Å². The van der Waals surface area contributed by atoms with Crippen LogP contribution in [0.15, 0.2) is 30.3 Å². The van der Waals surface area contributed by atoms with E-state index in [0.717, 1.165) is 6.92 Å². The van der Waals surface area contributed by atoms with Gasteiger partial charge in [0.05, 0.1) is 18.8 Å². The molecule has 0 saturated carbocycles. The zero-order chi connectivity index (χ0) is 52.7. The van der Waals surface area contributed by atoms with E-state index in [1.54, 1.807) is 44.2 Å². The Kier molecular flexibility index (Phi) is 25.9. The minimum atomic E-state index is -1.78. The molecule has 0 bridgehead atoms. The van der Waals surface area contributed by atoms with Gasteiger partial charge < -0.3 is 85.7 Å². The molecule has 0 spiro atoms. The number of hydrogen-bond donors (Lipinski definition) is 16. The Labute approximate surface area is 406 Å². The summed E-state index contributed by atoms with van der Waals surface area (Å²) < 4.78 is 0. The maximum absolute atomic E-state index is 14.2. The van der Waals surface area contributed by atoms with Gasteiger partial charge in [-0.3, -0.25) is 47.9 Å². The number of rotatable bonds is 18. The second-order valence-corrected chi connectivity index (χ2v) is 17.4. The number of carbonyl (C=O) groups is 10. The van der Waals surface area contributed by atoms with Crippen LogP contribution in [0.1, 0.15) is 72.3 Å². The van der Waals surface area contributed by atoms with Crippen molar-refractivity contribution in [1.82, 2.24) is 53.2 Å². The van der Waals surface area contributed by atoms with Crippen molar-refractivity contribution >= 4 is 59.1 Å². The Morgan fingerprint density at radius 3 is 1.59 bits per heavy atom. The normalized spacial score (nSPS) is 24.4. The molecule has 392 valence electrons. The molecule has 11 atom stereocenters. The minimum Gasteiger partial charge on any atom is -0.394 e. The van der Waals surface area contributed by atoms with Crippen LogP contribution >= 0.6 is 0 Å². The topological polar surface area (TPSA) is 430 Å². The summed E-state index contributed by atoms with van der Waals surface area (Å²) >= 11 is 0. The Balaban J connectivity index is 2.73. The fraction of sp³-hybridized carbons (Fsp3) is 0.636. The molecule has 2 rings (SSSR count). The molecule has 19 N–H and O–H groups in total. The second kappa shape index (κ2) is 30.3. The molecule has 0 radical (unpaired) electrons. The van der Waals surface area contributed by atoms with Crippen LogP contribution in [-0.4, -0.2) is 174 Å². The van der Waals surface area contributed by atoms with E-state index < -0.39 is 145 Å². The molecule has 10 amide bonds. The van der Waals surface area contributed by atoms with E-state index in [9.17, 15) is 63.3 Å². The molecule has 1 aliphatic rings. The lowest BCUT2D eigenvalue weighted by Crippen LogP contribution is -2.61. The van der Waals surface area contributed by atoms with Crippen LogP contribution in [-0.2, 0) is 54.4 Å². The number of hydrogen-bond acceptors (Lipinski definition) is 16. The zero-order valence-corrected chi connectivity index (χ0v) is 40.2. The second-order valence-electron chi connectivity index (χ2n) is 17.4. The third kappa shape index (κ3) is 20.0. The van der Waals surface area contributed by atoms with E-state index >= 15 is 0 Å². The highest BCUT2D eigenvalue weighted by Gasteiger charge is 2.36. The van der Waals surface area contributed by atoms with Crippen molar-refractivity contribution in [3.05, 3.63) is 35.9 Å². The van der Waals surface area contributed by atoms with Gasteiger partial charge in [-0.1, -0.05) is 44.2 Å². The Hall–Kier alpha value is -6.32.